The highest BCUT2D eigenvalue weighted by Crippen LogP contribution is 2.16. The fraction of sp³-hybridized carbons (Fsp3) is 0.857. The lowest BCUT2D eigenvalue weighted by Crippen LogP contribution is -2.54. The van der Waals surface area contributed by atoms with Crippen LogP contribution < -0.4 is 0 Å². The van der Waals surface area contributed by atoms with E-state index in [0.29, 0.717) is 6.61 Å². The summed E-state index contributed by atoms with van der Waals surface area (Å²) in [6.07, 6.45) is 3.60. The van der Waals surface area contributed by atoms with Crippen molar-refractivity contribution in [1.29, 1.82) is 0 Å². The van der Waals surface area contributed by atoms with Crippen LogP contribution >= 0.6 is 0 Å². The number of ether oxygens (including phenoxy) is 2. The molecule has 4 atom stereocenters. The molecule has 5 nitrogen and oxygen atoms in total. The van der Waals surface area contributed by atoms with Crippen LogP contribution in [0.1, 0.15) is 32.1 Å². The van der Waals surface area contributed by atoms with Crippen LogP contribution in [0.4, 0.5) is 0 Å². The standard InChI is InChI=1S/C14H26O5/c1-2-3-4-5-6-7-8-18-10-12-14(17)13(16)11(15)9-19-12/h2,11-17H,1,3-10H2/t11-,12+,13+,14+/m1/s1. The van der Waals surface area contributed by atoms with Crippen LogP contribution in [0.3, 0.4) is 0 Å². The van der Waals surface area contributed by atoms with Crippen molar-refractivity contribution in [2.75, 3.05) is 19.8 Å². The van der Waals surface area contributed by atoms with Crippen LogP contribution in [0.15, 0.2) is 12.7 Å². The first-order chi connectivity index (χ1) is 9.16. The molecule has 1 fully saturated rings. The van der Waals surface area contributed by atoms with Gasteiger partial charge in [-0.15, -0.1) is 6.58 Å². The molecular formula is C14H26O5. The lowest BCUT2D eigenvalue weighted by molar-refractivity contribution is -0.199. The molecular weight excluding hydrogens is 248 g/mol. The fourth-order valence-corrected chi connectivity index (χ4v) is 2.06. The van der Waals surface area contributed by atoms with Crippen LogP contribution in [0.2, 0.25) is 0 Å². The van der Waals surface area contributed by atoms with Crippen molar-refractivity contribution in [1.82, 2.24) is 0 Å². The third-order valence-corrected chi connectivity index (χ3v) is 3.34. The molecule has 0 saturated carbocycles. The molecule has 0 amide bonds. The highest BCUT2D eigenvalue weighted by molar-refractivity contribution is 4.86. The van der Waals surface area contributed by atoms with Gasteiger partial charge in [-0.05, 0) is 19.3 Å². The summed E-state index contributed by atoms with van der Waals surface area (Å²) >= 11 is 0. The summed E-state index contributed by atoms with van der Waals surface area (Å²) in [5.41, 5.74) is 0. The maximum absolute atomic E-state index is 9.68. The quantitative estimate of drug-likeness (QED) is 0.424. The van der Waals surface area contributed by atoms with E-state index in [4.69, 9.17) is 9.47 Å². The van der Waals surface area contributed by atoms with Gasteiger partial charge in [0.25, 0.3) is 0 Å². The van der Waals surface area contributed by atoms with E-state index in [1.165, 1.54) is 6.42 Å². The summed E-state index contributed by atoms with van der Waals surface area (Å²) in [5, 5.41) is 28.5. The third kappa shape index (κ3) is 6.01. The maximum Gasteiger partial charge on any atom is 0.111 e. The number of aliphatic hydroxyl groups is 3. The second kappa shape index (κ2) is 9.44. The Morgan fingerprint density at radius 1 is 1.11 bits per heavy atom. The predicted molar refractivity (Wildman–Crippen MR) is 71.9 cm³/mol. The average Bonchev–Trinajstić information content (AvgIpc) is 2.41. The first kappa shape index (κ1) is 16.6. The highest BCUT2D eigenvalue weighted by Gasteiger charge is 2.37. The van der Waals surface area contributed by atoms with E-state index in [1.54, 1.807) is 0 Å². The molecule has 1 rings (SSSR count). The van der Waals surface area contributed by atoms with Gasteiger partial charge >= 0.3 is 0 Å². The van der Waals surface area contributed by atoms with Gasteiger partial charge in [-0.3, -0.25) is 0 Å². The first-order valence-corrected chi connectivity index (χ1v) is 7.01. The Morgan fingerprint density at radius 3 is 2.58 bits per heavy atom. The topological polar surface area (TPSA) is 79.2 Å². The summed E-state index contributed by atoms with van der Waals surface area (Å²) in [4.78, 5) is 0. The number of unbranched alkanes of at least 4 members (excludes halogenated alkanes) is 4. The van der Waals surface area contributed by atoms with Crippen LogP contribution in [0.25, 0.3) is 0 Å². The Hall–Kier alpha value is -0.460. The molecule has 0 aromatic heterocycles. The number of rotatable bonds is 9. The van der Waals surface area contributed by atoms with Gasteiger partial charge in [0, 0.05) is 6.61 Å². The molecule has 0 aliphatic carbocycles. The number of hydrogen-bond acceptors (Lipinski definition) is 5. The van der Waals surface area contributed by atoms with Gasteiger partial charge in [0.2, 0.25) is 0 Å². The Kier molecular flexibility index (Phi) is 8.25. The SMILES string of the molecule is C=CCCCCCCOC[C@@H]1OC[C@@H](O)[C@H](O)[C@H]1O. The van der Waals surface area contributed by atoms with E-state index in [-0.39, 0.29) is 13.2 Å². The zero-order valence-corrected chi connectivity index (χ0v) is 11.4. The highest BCUT2D eigenvalue weighted by atomic mass is 16.6. The van der Waals surface area contributed by atoms with Crippen molar-refractivity contribution in [3.8, 4) is 0 Å². The van der Waals surface area contributed by atoms with Crippen LogP contribution in [-0.4, -0.2) is 59.6 Å². The molecule has 1 aliphatic rings. The van der Waals surface area contributed by atoms with Crippen molar-refractivity contribution >= 4 is 0 Å². The van der Waals surface area contributed by atoms with E-state index in [0.717, 1.165) is 25.7 Å². The predicted octanol–water partition coefficient (Wildman–Crippen LogP) is 0.621. The van der Waals surface area contributed by atoms with E-state index >= 15 is 0 Å². The summed E-state index contributed by atoms with van der Waals surface area (Å²) in [6, 6.07) is 0. The molecule has 1 aliphatic heterocycles. The second-order valence-corrected chi connectivity index (χ2v) is 4.99. The van der Waals surface area contributed by atoms with E-state index in [2.05, 4.69) is 6.58 Å². The third-order valence-electron chi connectivity index (χ3n) is 3.34. The van der Waals surface area contributed by atoms with Crippen molar-refractivity contribution in [2.45, 2.75) is 56.5 Å². The molecule has 3 N–H and O–H groups in total. The molecule has 0 spiro atoms. The summed E-state index contributed by atoms with van der Waals surface area (Å²) in [7, 11) is 0. The molecule has 0 radical (unpaired) electrons. The lowest BCUT2D eigenvalue weighted by Gasteiger charge is -2.35. The Morgan fingerprint density at radius 2 is 1.84 bits per heavy atom. The van der Waals surface area contributed by atoms with Crippen molar-refractivity contribution < 1.29 is 24.8 Å². The minimum atomic E-state index is -1.15. The van der Waals surface area contributed by atoms with Gasteiger partial charge in [-0.2, -0.15) is 0 Å². The maximum atomic E-state index is 9.68. The zero-order chi connectivity index (χ0) is 14.1. The number of allylic oxidation sites excluding steroid dienone is 1. The van der Waals surface area contributed by atoms with Gasteiger partial charge in [0.05, 0.1) is 13.2 Å². The van der Waals surface area contributed by atoms with Gasteiger partial charge in [0.1, 0.15) is 24.4 Å². The first-order valence-electron chi connectivity index (χ1n) is 7.01. The number of aliphatic hydroxyl groups excluding tert-OH is 3. The van der Waals surface area contributed by atoms with Gasteiger partial charge in [0.15, 0.2) is 0 Å². The van der Waals surface area contributed by atoms with Gasteiger partial charge < -0.3 is 24.8 Å². The zero-order valence-electron chi connectivity index (χ0n) is 11.4. The monoisotopic (exact) mass is 274 g/mol. The summed E-state index contributed by atoms with van der Waals surface area (Å²) in [6.45, 7) is 4.59. The summed E-state index contributed by atoms with van der Waals surface area (Å²) < 4.78 is 10.7. The molecule has 112 valence electrons. The molecule has 1 heterocycles. The molecule has 0 aromatic rings. The van der Waals surface area contributed by atoms with Gasteiger partial charge in [-0.1, -0.05) is 18.9 Å². The Labute approximate surface area is 114 Å². The summed E-state index contributed by atoms with van der Waals surface area (Å²) in [5.74, 6) is 0. The molecule has 1 saturated heterocycles. The average molecular weight is 274 g/mol. The van der Waals surface area contributed by atoms with E-state index in [1.807, 2.05) is 6.08 Å². The smallest absolute Gasteiger partial charge is 0.111 e. The second-order valence-electron chi connectivity index (χ2n) is 4.99. The number of hydrogen-bond donors (Lipinski definition) is 3. The van der Waals surface area contributed by atoms with Crippen molar-refractivity contribution in [3.05, 3.63) is 12.7 Å². The Balaban J connectivity index is 2.01. The Bertz CT molecular complexity index is 246. The molecule has 0 aromatic carbocycles. The molecule has 5 heteroatoms. The fourth-order valence-electron chi connectivity index (χ4n) is 2.06. The largest absolute Gasteiger partial charge is 0.388 e. The lowest BCUT2D eigenvalue weighted by atomic mass is 10.0. The molecule has 0 bridgehead atoms. The van der Waals surface area contributed by atoms with Crippen molar-refractivity contribution in [3.63, 3.8) is 0 Å². The van der Waals surface area contributed by atoms with Crippen LogP contribution in [0.5, 0.6) is 0 Å². The van der Waals surface area contributed by atoms with E-state index in [9.17, 15) is 15.3 Å². The van der Waals surface area contributed by atoms with Crippen molar-refractivity contribution in [2.24, 2.45) is 0 Å². The van der Waals surface area contributed by atoms with Crippen LogP contribution in [-0.2, 0) is 9.47 Å². The molecule has 19 heavy (non-hydrogen) atoms. The van der Waals surface area contributed by atoms with Crippen LogP contribution in [0, 0.1) is 0 Å². The van der Waals surface area contributed by atoms with Gasteiger partial charge in [-0.25, -0.2) is 0 Å². The minimum Gasteiger partial charge on any atom is -0.388 e. The van der Waals surface area contributed by atoms with E-state index < -0.39 is 24.4 Å². The normalized spacial score (nSPS) is 31.3. The molecule has 0 unspecified atom stereocenters. The minimum absolute atomic E-state index is 0.0355.